The minimum Gasteiger partial charge on any atom is -0.497 e. The third-order valence-corrected chi connectivity index (χ3v) is 7.82. The number of nitrogens with two attached hydrogens (primary N) is 1. The highest BCUT2D eigenvalue weighted by Crippen LogP contribution is 2.57. The Morgan fingerprint density at radius 1 is 1.13 bits per heavy atom. The first-order chi connectivity index (χ1) is 14.4. The van der Waals surface area contributed by atoms with Crippen LogP contribution in [0.25, 0.3) is 0 Å². The van der Waals surface area contributed by atoms with E-state index >= 15 is 0 Å². The average Bonchev–Trinajstić information content (AvgIpc) is 3.36. The first kappa shape index (κ1) is 23.4. The summed E-state index contributed by atoms with van der Waals surface area (Å²) in [6.07, 6.45) is -0.717. The highest BCUT2D eigenvalue weighted by molar-refractivity contribution is 7.92. The summed E-state index contributed by atoms with van der Waals surface area (Å²) in [5, 5.41) is 2.23. The number of nitrogens with one attached hydrogen (secondary N) is 1. The zero-order valence-electron chi connectivity index (χ0n) is 17.9. The Bertz CT molecular complexity index is 1050. The zero-order valence-corrected chi connectivity index (χ0v) is 19.5. The zero-order chi connectivity index (χ0) is 23.0. The minimum absolute atomic E-state index is 0.0829. The smallest absolute Gasteiger partial charge is 0.408 e. The van der Waals surface area contributed by atoms with Crippen molar-refractivity contribution in [3.63, 3.8) is 0 Å². The van der Waals surface area contributed by atoms with Gasteiger partial charge in [-0.1, -0.05) is 23.7 Å². The van der Waals surface area contributed by atoms with Gasteiger partial charge in [0.05, 0.1) is 17.5 Å². The molecule has 1 aliphatic carbocycles. The largest absolute Gasteiger partial charge is 0.497 e. The van der Waals surface area contributed by atoms with Gasteiger partial charge in [-0.2, -0.15) is 0 Å². The molecule has 31 heavy (non-hydrogen) atoms. The first-order valence-electron chi connectivity index (χ1n) is 9.79. The van der Waals surface area contributed by atoms with E-state index in [2.05, 4.69) is 5.32 Å². The third-order valence-electron chi connectivity index (χ3n) is 5.28. The number of methoxy groups -OCH3 is 1. The number of hydrogen-bond acceptors (Lipinski definition) is 6. The number of hydrogen-bond donors (Lipinski definition) is 2. The van der Waals surface area contributed by atoms with Crippen LogP contribution in [0.3, 0.4) is 0 Å². The second kappa shape index (κ2) is 8.33. The third kappa shape index (κ3) is 4.66. The lowest BCUT2D eigenvalue weighted by Gasteiger charge is -2.24. The number of benzene rings is 2. The summed E-state index contributed by atoms with van der Waals surface area (Å²) < 4.78 is 37.7. The van der Waals surface area contributed by atoms with Crippen molar-refractivity contribution >= 4 is 27.5 Å². The van der Waals surface area contributed by atoms with Crippen molar-refractivity contribution in [3.05, 3.63) is 59.1 Å². The van der Waals surface area contributed by atoms with E-state index in [0.717, 1.165) is 5.56 Å². The molecule has 0 aromatic heterocycles. The molecular formula is C22H27ClN2O5S. The van der Waals surface area contributed by atoms with Crippen LogP contribution >= 0.6 is 11.6 Å². The van der Waals surface area contributed by atoms with E-state index in [1.165, 1.54) is 24.3 Å². The summed E-state index contributed by atoms with van der Waals surface area (Å²) in [6, 6.07) is 13.0. The molecule has 2 aromatic carbocycles. The summed E-state index contributed by atoms with van der Waals surface area (Å²) in [7, 11) is -2.29. The quantitative estimate of drug-likeness (QED) is 0.674. The molecule has 3 atom stereocenters. The Morgan fingerprint density at radius 2 is 1.71 bits per heavy atom. The van der Waals surface area contributed by atoms with Crippen LogP contribution in [0.2, 0.25) is 5.02 Å². The van der Waals surface area contributed by atoms with Gasteiger partial charge in [0.25, 0.3) is 0 Å². The number of carbonyl (C=O) groups is 1. The fourth-order valence-electron chi connectivity index (χ4n) is 3.85. The predicted molar refractivity (Wildman–Crippen MR) is 119 cm³/mol. The van der Waals surface area contributed by atoms with E-state index < -0.39 is 38.2 Å². The van der Waals surface area contributed by atoms with E-state index in [1.807, 2.05) is 0 Å². The van der Waals surface area contributed by atoms with Crippen LogP contribution in [0.1, 0.15) is 32.3 Å². The lowest BCUT2D eigenvalue weighted by Crippen LogP contribution is -2.49. The molecule has 0 bridgehead atoms. The molecule has 1 fully saturated rings. The van der Waals surface area contributed by atoms with Crippen molar-refractivity contribution in [1.29, 1.82) is 0 Å². The van der Waals surface area contributed by atoms with Crippen LogP contribution in [0.4, 0.5) is 4.79 Å². The van der Waals surface area contributed by atoms with Gasteiger partial charge < -0.3 is 20.5 Å². The van der Waals surface area contributed by atoms with Crippen molar-refractivity contribution in [3.8, 4) is 5.75 Å². The minimum atomic E-state index is -3.84. The number of carbonyl (C=O) groups excluding carboxylic acids is 1. The number of ether oxygens (including phenoxy) is 2. The van der Waals surface area contributed by atoms with Crippen molar-refractivity contribution in [2.24, 2.45) is 5.73 Å². The van der Waals surface area contributed by atoms with Crippen LogP contribution in [0.5, 0.6) is 5.75 Å². The van der Waals surface area contributed by atoms with E-state index in [-0.39, 0.29) is 11.4 Å². The Labute approximate surface area is 187 Å². The molecule has 0 radical (unpaired) electrons. The summed E-state index contributed by atoms with van der Waals surface area (Å²) in [5.74, 6) is 0.0801. The standard InChI is InChI=1S/C22H27ClN2O5S/c1-21(2,3)30-20(26)25-22(13-24)18(14-5-9-16(29-4)10-6-14)19(22)31(27,28)17-11-7-15(23)8-12-17/h5-12,18-19H,13,24H2,1-4H3,(H,25,26). The van der Waals surface area contributed by atoms with E-state index in [9.17, 15) is 13.2 Å². The van der Waals surface area contributed by atoms with Crippen molar-refractivity contribution in [1.82, 2.24) is 5.32 Å². The van der Waals surface area contributed by atoms with Gasteiger partial charge >= 0.3 is 6.09 Å². The molecule has 3 rings (SSSR count). The molecule has 1 saturated carbocycles. The average molecular weight is 467 g/mol. The normalized spacial score (nSPS) is 23.2. The van der Waals surface area contributed by atoms with Gasteiger partial charge in [-0.25, -0.2) is 13.2 Å². The van der Waals surface area contributed by atoms with Gasteiger partial charge in [-0.15, -0.1) is 0 Å². The molecule has 0 spiro atoms. The SMILES string of the molecule is COc1ccc(C2C(S(=O)(=O)c3ccc(Cl)cc3)C2(CN)NC(=O)OC(C)(C)C)cc1. The molecular weight excluding hydrogens is 440 g/mol. The number of halogens is 1. The molecule has 3 unspecified atom stereocenters. The lowest BCUT2D eigenvalue weighted by molar-refractivity contribution is 0.0497. The fourth-order valence-corrected chi connectivity index (χ4v) is 6.32. The van der Waals surface area contributed by atoms with Crippen molar-refractivity contribution in [2.45, 2.75) is 48.0 Å². The van der Waals surface area contributed by atoms with Gasteiger partial charge in [0.2, 0.25) is 0 Å². The van der Waals surface area contributed by atoms with E-state index in [1.54, 1.807) is 52.1 Å². The number of sulfone groups is 1. The maximum absolute atomic E-state index is 13.5. The topological polar surface area (TPSA) is 108 Å². The number of rotatable bonds is 6. The molecule has 7 nitrogen and oxygen atoms in total. The summed E-state index contributed by atoms with van der Waals surface area (Å²) in [6.45, 7) is 5.12. The van der Waals surface area contributed by atoms with Crippen LogP contribution in [0.15, 0.2) is 53.4 Å². The summed E-state index contributed by atoms with van der Waals surface area (Å²) in [5.41, 5.74) is 4.85. The molecule has 168 valence electrons. The monoisotopic (exact) mass is 466 g/mol. The van der Waals surface area contributed by atoms with Crippen LogP contribution < -0.4 is 15.8 Å². The molecule has 2 aromatic rings. The summed E-state index contributed by atoms with van der Waals surface area (Å²) >= 11 is 5.92. The molecule has 1 amide bonds. The highest BCUT2D eigenvalue weighted by Gasteiger charge is 2.71. The maximum Gasteiger partial charge on any atom is 0.408 e. The Kier molecular flexibility index (Phi) is 6.28. The van der Waals surface area contributed by atoms with Gasteiger partial charge in [0.15, 0.2) is 9.84 Å². The van der Waals surface area contributed by atoms with Gasteiger partial charge in [0.1, 0.15) is 16.6 Å². The maximum atomic E-state index is 13.5. The fraction of sp³-hybridized carbons (Fsp3) is 0.409. The van der Waals surface area contributed by atoms with Crippen molar-refractivity contribution < 1.29 is 22.7 Å². The molecule has 0 aliphatic heterocycles. The molecule has 3 N–H and O–H groups in total. The lowest BCUT2D eigenvalue weighted by atomic mass is 10.1. The Balaban J connectivity index is 2.03. The van der Waals surface area contributed by atoms with E-state index in [4.69, 9.17) is 26.8 Å². The summed E-state index contributed by atoms with van der Waals surface area (Å²) in [4.78, 5) is 12.7. The van der Waals surface area contributed by atoms with Gasteiger partial charge in [0, 0.05) is 17.5 Å². The van der Waals surface area contributed by atoms with Gasteiger partial charge in [-0.3, -0.25) is 0 Å². The molecule has 1 aliphatic rings. The van der Waals surface area contributed by atoms with E-state index in [0.29, 0.717) is 10.8 Å². The highest BCUT2D eigenvalue weighted by atomic mass is 35.5. The van der Waals surface area contributed by atoms with Gasteiger partial charge in [-0.05, 0) is 62.7 Å². The molecule has 0 heterocycles. The Hall–Kier alpha value is -2.29. The second-order valence-electron chi connectivity index (χ2n) is 8.54. The number of amides is 1. The number of alkyl carbamates (subject to hydrolysis) is 1. The van der Waals surface area contributed by atoms with Crippen molar-refractivity contribution in [2.75, 3.05) is 13.7 Å². The Morgan fingerprint density at radius 3 is 2.19 bits per heavy atom. The van der Waals surface area contributed by atoms with Crippen LogP contribution in [-0.2, 0) is 14.6 Å². The second-order valence-corrected chi connectivity index (χ2v) is 11.0. The van der Waals surface area contributed by atoms with Crippen LogP contribution in [0, 0.1) is 0 Å². The first-order valence-corrected chi connectivity index (χ1v) is 11.7. The molecule has 0 saturated heterocycles. The molecule has 9 heteroatoms. The predicted octanol–water partition coefficient (Wildman–Crippen LogP) is 3.51. The van der Waals surface area contributed by atoms with Crippen LogP contribution in [-0.4, -0.2) is 44.6 Å².